The maximum Gasteiger partial charge on any atom is 0.407 e. The fourth-order valence-corrected chi connectivity index (χ4v) is 4.39. The highest BCUT2D eigenvalue weighted by atomic mass is 16.5. The van der Waals surface area contributed by atoms with Gasteiger partial charge >= 0.3 is 12.1 Å². The third kappa shape index (κ3) is 5.22. The predicted molar refractivity (Wildman–Crippen MR) is 128 cm³/mol. The first-order chi connectivity index (χ1) is 16.4. The molecular weight excluding hydrogens is 436 g/mol. The summed E-state index contributed by atoms with van der Waals surface area (Å²) in [5, 5.41) is 14.8. The van der Waals surface area contributed by atoms with E-state index in [-0.39, 0.29) is 38.4 Å². The molecule has 1 aliphatic rings. The molecule has 182 valence electrons. The van der Waals surface area contributed by atoms with Crippen molar-refractivity contribution in [3.8, 4) is 11.1 Å². The summed E-state index contributed by atoms with van der Waals surface area (Å²) in [7, 11) is 1.49. The highest BCUT2D eigenvalue weighted by Crippen LogP contribution is 2.44. The lowest BCUT2D eigenvalue weighted by molar-refractivity contribution is -0.148. The molecular formula is C26H32N2O6. The Morgan fingerprint density at radius 3 is 2.06 bits per heavy atom. The van der Waals surface area contributed by atoms with E-state index in [1.165, 1.54) is 7.11 Å². The van der Waals surface area contributed by atoms with Crippen LogP contribution in [0.1, 0.15) is 50.2 Å². The lowest BCUT2D eigenvalue weighted by atomic mass is 9.92. The number of aliphatic carboxylic acids is 1. The standard InChI is InChI=1S/C26H32N2O6/c1-4-26(5-2,24(30)31)28-23(29)22(14-15-33-3)27-25(32)34-16-21-19-12-8-6-10-17(19)18-11-7-9-13-20(18)21/h6-13,21-22H,4-5,14-16H2,1-3H3,(H,27,32)(H,28,29)(H,30,31). The zero-order valence-corrected chi connectivity index (χ0v) is 19.8. The van der Waals surface area contributed by atoms with Gasteiger partial charge in [-0.25, -0.2) is 9.59 Å². The summed E-state index contributed by atoms with van der Waals surface area (Å²) in [6.45, 7) is 3.71. The zero-order valence-electron chi connectivity index (χ0n) is 19.8. The molecule has 3 rings (SSSR count). The summed E-state index contributed by atoms with van der Waals surface area (Å²) in [5.41, 5.74) is 3.01. The van der Waals surface area contributed by atoms with E-state index in [1.807, 2.05) is 36.4 Å². The van der Waals surface area contributed by atoms with Crippen LogP contribution < -0.4 is 10.6 Å². The average Bonchev–Trinajstić information content (AvgIpc) is 3.17. The Bertz CT molecular complexity index is 988. The van der Waals surface area contributed by atoms with Crippen molar-refractivity contribution in [2.75, 3.05) is 20.3 Å². The lowest BCUT2D eigenvalue weighted by Gasteiger charge is -2.30. The monoisotopic (exact) mass is 468 g/mol. The van der Waals surface area contributed by atoms with Gasteiger partial charge in [0, 0.05) is 26.1 Å². The fourth-order valence-electron chi connectivity index (χ4n) is 4.39. The fraction of sp³-hybridized carbons (Fsp3) is 0.423. The Labute approximate surface area is 199 Å². The number of hydrogen-bond acceptors (Lipinski definition) is 5. The molecule has 1 unspecified atom stereocenters. The Hall–Kier alpha value is -3.39. The van der Waals surface area contributed by atoms with Crippen LogP contribution in [-0.4, -0.2) is 55.0 Å². The largest absolute Gasteiger partial charge is 0.480 e. The molecule has 0 aliphatic heterocycles. The predicted octanol–water partition coefficient (Wildman–Crippen LogP) is 3.69. The molecule has 0 aromatic heterocycles. The van der Waals surface area contributed by atoms with Gasteiger partial charge in [0.2, 0.25) is 5.91 Å². The molecule has 2 amide bonds. The number of carbonyl (C=O) groups excluding carboxylic acids is 2. The van der Waals surface area contributed by atoms with E-state index < -0.39 is 29.6 Å². The normalized spacial score (nSPS) is 13.5. The van der Waals surface area contributed by atoms with Gasteiger partial charge in [-0.15, -0.1) is 0 Å². The van der Waals surface area contributed by atoms with E-state index in [2.05, 4.69) is 22.8 Å². The second-order valence-corrected chi connectivity index (χ2v) is 8.39. The van der Waals surface area contributed by atoms with Gasteiger partial charge in [-0.2, -0.15) is 0 Å². The second kappa shape index (κ2) is 11.2. The molecule has 0 saturated carbocycles. The third-order valence-corrected chi connectivity index (χ3v) is 6.54. The summed E-state index contributed by atoms with van der Waals surface area (Å²) in [5.74, 6) is -1.81. The van der Waals surface area contributed by atoms with Crippen molar-refractivity contribution in [2.24, 2.45) is 0 Å². The first kappa shape index (κ1) is 25.2. The highest BCUT2D eigenvalue weighted by Gasteiger charge is 2.38. The number of methoxy groups -OCH3 is 1. The molecule has 0 saturated heterocycles. The average molecular weight is 469 g/mol. The molecule has 3 N–H and O–H groups in total. The van der Waals surface area contributed by atoms with Gasteiger partial charge in [0.15, 0.2) is 0 Å². The van der Waals surface area contributed by atoms with E-state index >= 15 is 0 Å². The van der Waals surface area contributed by atoms with Crippen molar-refractivity contribution < 1.29 is 29.0 Å². The summed E-state index contributed by atoms with van der Waals surface area (Å²) >= 11 is 0. The van der Waals surface area contributed by atoms with Crippen LogP contribution in [0.15, 0.2) is 48.5 Å². The molecule has 34 heavy (non-hydrogen) atoms. The molecule has 8 heteroatoms. The van der Waals surface area contributed by atoms with E-state index in [4.69, 9.17) is 9.47 Å². The first-order valence-corrected chi connectivity index (χ1v) is 11.5. The van der Waals surface area contributed by atoms with Gasteiger partial charge in [-0.1, -0.05) is 62.4 Å². The van der Waals surface area contributed by atoms with Crippen molar-refractivity contribution in [3.05, 3.63) is 59.7 Å². The number of fused-ring (bicyclic) bond motifs is 3. The molecule has 0 bridgehead atoms. The molecule has 2 aromatic carbocycles. The van der Waals surface area contributed by atoms with E-state index in [9.17, 15) is 19.5 Å². The Kier molecular flexibility index (Phi) is 8.28. The lowest BCUT2D eigenvalue weighted by Crippen LogP contribution is -2.59. The van der Waals surface area contributed by atoms with E-state index in [0.29, 0.717) is 0 Å². The zero-order chi connectivity index (χ0) is 24.7. The minimum absolute atomic E-state index is 0.107. The second-order valence-electron chi connectivity index (χ2n) is 8.39. The number of carbonyl (C=O) groups is 3. The molecule has 1 atom stereocenters. The molecule has 0 radical (unpaired) electrons. The number of alkyl carbamates (subject to hydrolysis) is 1. The van der Waals surface area contributed by atoms with Gasteiger partial charge in [-0.3, -0.25) is 4.79 Å². The van der Waals surface area contributed by atoms with Crippen LogP contribution in [0, 0.1) is 0 Å². The van der Waals surface area contributed by atoms with E-state index in [0.717, 1.165) is 22.3 Å². The SMILES string of the molecule is CCC(CC)(NC(=O)C(CCOC)NC(=O)OCC1c2ccccc2-c2ccccc21)C(=O)O. The van der Waals surface area contributed by atoms with E-state index in [1.54, 1.807) is 13.8 Å². The van der Waals surface area contributed by atoms with Gasteiger partial charge in [0.05, 0.1) is 0 Å². The van der Waals surface area contributed by atoms with Crippen LogP contribution in [0.2, 0.25) is 0 Å². The maximum absolute atomic E-state index is 12.9. The molecule has 0 fully saturated rings. The minimum atomic E-state index is -1.40. The van der Waals surface area contributed by atoms with Crippen molar-refractivity contribution in [2.45, 2.75) is 50.6 Å². The van der Waals surface area contributed by atoms with Crippen LogP contribution in [0.5, 0.6) is 0 Å². The van der Waals surface area contributed by atoms with Gasteiger partial charge in [0.1, 0.15) is 18.2 Å². The maximum atomic E-state index is 12.9. The summed E-state index contributed by atoms with van der Waals surface area (Å²) in [4.78, 5) is 37.4. The van der Waals surface area contributed by atoms with Crippen molar-refractivity contribution in [1.82, 2.24) is 10.6 Å². The third-order valence-electron chi connectivity index (χ3n) is 6.54. The summed E-state index contributed by atoms with van der Waals surface area (Å²) in [6.07, 6.45) is -0.138. The highest BCUT2D eigenvalue weighted by molar-refractivity contribution is 5.91. The minimum Gasteiger partial charge on any atom is -0.480 e. The van der Waals surface area contributed by atoms with Crippen molar-refractivity contribution in [3.63, 3.8) is 0 Å². The number of nitrogens with one attached hydrogen (secondary N) is 2. The summed E-state index contributed by atoms with van der Waals surface area (Å²) in [6, 6.07) is 15.0. The number of amides is 2. The van der Waals surface area contributed by atoms with Crippen LogP contribution in [0.4, 0.5) is 4.79 Å². The molecule has 0 spiro atoms. The van der Waals surface area contributed by atoms with Crippen LogP contribution in [0.3, 0.4) is 0 Å². The number of hydrogen-bond donors (Lipinski definition) is 3. The van der Waals surface area contributed by atoms with Crippen molar-refractivity contribution in [1.29, 1.82) is 0 Å². The molecule has 1 aliphatic carbocycles. The number of ether oxygens (including phenoxy) is 2. The first-order valence-electron chi connectivity index (χ1n) is 11.5. The smallest absolute Gasteiger partial charge is 0.407 e. The number of benzene rings is 2. The number of carboxylic acid groups (broad SMARTS) is 1. The number of carboxylic acids is 1. The number of rotatable bonds is 11. The van der Waals surface area contributed by atoms with Crippen molar-refractivity contribution >= 4 is 18.0 Å². The molecule has 0 heterocycles. The Morgan fingerprint density at radius 2 is 1.56 bits per heavy atom. The quantitative estimate of drug-likeness (QED) is 0.464. The van der Waals surface area contributed by atoms with Gasteiger partial charge < -0.3 is 25.2 Å². The van der Waals surface area contributed by atoms with Gasteiger partial charge in [0.25, 0.3) is 0 Å². The Balaban J connectivity index is 1.69. The Morgan fingerprint density at radius 1 is 1.00 bits per heavy atom. The molecule has 2 aromatic rings. The van der Waals surface area contributed by atoms with Crippen LogP contribution in [-0.2, 0) is 19.1 Å². The topological polar surface area (TPSA) is 114 Å². The molecule has 8 nitrogen and oxygen atoms in total. The van der Waals surface area contributed by atoms with Crippen LogP contribution in [0.25, 0.3) is 11.1 Å². The van der Waals surface area contributed by atoms with Crippen LogP contribution >= 0.6 is 0 Å². The van der Waals surface area contributed by atoms with Gasteiger partial charge in [-0.05, 0) is 35.1 Å². The summed E-state index contributed by atoms with van der Waals surface area (Å²) < 4.78 is 10.6.